The Balaban J connectivity index is 1.46. The molecule has 0 saturated carbocycles. The predicted molar refractivity (Wildman–Crippen MR) is 134 cm³/mol. The normalized spacial score (nSPS) is 13.9. The molecule has 34 heavy (non-hydrogen) atoms. The molecule has 1 fully saturated rings. The molecule has 0 atom stereocenters. The van der Waals surface area contributed by atoms with Gasteiger partial charge in [-0.25, -0.2) is 9.97 Å². The van der Waals surface area contributed by atoms with Crippen molar-refractivity contribution in [3.05, 3.63) is 54.2 Å². The van der Waals surface area contributed by atoms with E-state index in [1.54, 1.807) is 20.4 Å². The Morgan fingerprint density at radius 2 is 1.53 bits per heavy atom. The number of ether oxygens (including phenoxy) is 2. The lowest BCUT2D eigenvalue weighted by atomic mass is 10.1. The lowest BCUT2D eigenvalue weighted by Gasteiger charge is -2.36. The zero-order chi connectivity index (χ0) is 23.7. The summed E-state index contributed by atoms with van der Waals surface area (Å²) in [5, 5.41) is 0. The standard InChI is InChI=1S/C25H27N7O2/c1-16-4-7-18(8-5-16)31-10-12-32(13-11-31)24-22-23(29-25(26)30-24)27-15-19(28-22)17-6-9-20(33-2)21(14-17)34-3/h4-9,14-15H,10-13H2,1-3H3,(H2,26,27,29,30). The van der Waals surface area contributed by atoms with E-state index in [9.17, 15) is 0 Å². The van der Waals surface area contributed by atoms with E-state index in [4.69, 9.17) is 20.2 Å². The van der Waals surface area contributed by atoms with Crippen molar-refractivity contribution in [1.29, 1.82) is 0 Å². The Bertz CT molecular complexity index is 1320. The van der Waals surface area contributed by atoms with E-state index in [-0.39, 0.29) is 5.95 Å². The number of nitrogen functional groups attached to an aromatic ring is 1. The number of hydrogen-bond donors (Lipinski definition) is 1. The number of nitrogens with two attached hydrogens (primary N) is 1. The van der Waals surface area contributed by atoms with Crippen molar-refractivity contribution >= 4 is 28.6 Å². The maximum atomic E-state index is 6.03. The van der Waals surface area contributed by atoms with Gasteiger partial charge in [-0.2, -0.15) is 9.97 Å². The van der Waals surface area contributed by atoms with Crippen molar-refractivity contribution in [2.24, 2.45) is 0 Å². The van der Waals surface area contributed by atoms with Crippen molar-refractivity contribution in [1.82, 2.24) is 19.9 Å². The molecule has 0 unspecified atom stereocenters. The molecule has 2 aromatic carbocycles. The van der Waals surface area contributed by atoms with Gasteiger partial charge in [0, 0.05) is 37.4 Å². The minimum atomic E-state index is 0.191. The number of anilines is 3. The van der Waals surface area contributed by atoms with Crippen LogP contribution in [-0.2, 0) is 0 Å². The summed E-state index contributed by atoms with van der Waals surface area (Å²) >= 11 is 0. The average Bonchev–Trinajstić information content (AvgIpc) is 2.88. The van der Waals surface area contributed by atoms with Crippen LogP contribution < -0.4 is 25.0 Å². The Kier molecular flexibility index (Phi) is 5.75. The fourth-order valence-corrected chi connectivity index (χ4v) is 4.20. The molecule has 1 aliphatic rings. The molecular weight excluding hydrogens is 430 g/mol. The van der Waals surface area contributed by atoms with E-state index < -0.39 is 0 Å². The predicted octanol–water partition coefficient (Wildman–Crippen LogP) is 3.32. The van der Waals surface area contributed by atoms with Gasteiger partial charge < -0.3 is 25.0 Å². The van der Waals surface area contributed by atoms with Crippen molar-refractivity contribution in [2.45, 2.75) is 6.92 Å². The summed E-state index contributed by atoms with van der Waals surface area (Å²) in [5.74, 6) is 2.18. The Morgan fingerprint density at radius 3 is 2.24 bits per heavy atom. The molecule has 0 amide bonds. The van der Waals surface area contributed by atoms with Crippen LogP contribution in [0.4, 0.5) is 17.5 Å². The fourth-order valence-electron chi connectivity index (χ4n) is 4.20. The number of piperazine rings is 1. The van der Waals surface area contributed by atoms with Crippen molar-refractivity contribution in [3.63, 3.8) is 0 Å². The Labute approximate surface area is 198 Å². The van der Waals surface area contributed by atoms with E-state index in [1.165, 1.54) is 11.3 Å². The smallest absolute Gasteiger partial charge is 0.224 e. The van der Waals surface area contributed by atoms with Crippen LogP contribution in [-0.4, -0.2) is 60.3 Å². The fraction of sp³-hybridized carbons (Fsp3) is 0.280. The molecular formula is C25H27N7O2. The Hall–Kier alpha value is -4.14. The molecule has 0 spiro atoms. The molecule has 9 heteroatoms. The second-order valence-electron chi connectivity index (χ2n) is 8.21. The summed E-state index contributed by atoms with van der Waals surface area (Å²) in [6, 6.07) is 14.3. The first-order valence-corrected chi connectivity index (χ1v) is 11.1. The third-order valence-electron chi connectivity index (χ3n) is 6.06. The zero-order valence-electron chi connectivity index (χ0n) is 19.5. The van der Waals surface area contributed by atoms with Crippen LogP contribution in [0.25, 0.3) is 22.4 Å². The minimum Gasteiger partial charge on any atom is -0.493 e. The van der Waals surface area contributed by atoms with Gasteiger partial charge in [0.1, 0.15) is 0 Å². The lowest BCUT2D eigenvalue weighted by molar-refractivity contribution is 0.355. The van der Waals surface area contributed by atoms with Crippen LogP contribution in [0, 0.1) is 6.92 Å². The average molecular weight is 458 g/mol. The van der Waals surface area contributed by atoms with Crippen LogP contribution in [0.3, 0.4) is 0 Å². The molecule has 4 aromatic rings. The largest absolute Gasteiger partial charge is 0.493 e. The molecule has 0 bridgehead atoms. The molecule has 1 saturated heterocycles. The maximum absolute atomic E-state index is 6.03. The van der Waals surface area contributed by atoms with Gasteiger partial charge in [0.2, 0.25) is 5.95 Å². The Morgan fingerprint density at radius 1 is 0.824 bits per heavy atom. The number of fused-ring (bicyclic) bond motifs is 1. The third-order valence-corrected chi connectivity index (χ3v) is 6.06. The summed E-state index contributed by atoms with van der Waals surface area (Å²) in [7, 11) is 3.22. The van der Waals surface area contributed by atoms with Gasteiger partial charge in [-0.3, -0.25) is 0 Å². The van der Waals surface area contributed by atoms with Gasteiger partial charge in [-0.1, -0.05) is 17.7 Å². The first-order valence-electron chi connectivity index (χ1n) is 11.1. The van der Waals surface area contributed by atoms with Crippen molar-refractivity contribution < 1.29 is 9.47 Å². The van der Waals surface area contributed by atoms with Gasteiger partial charge in [0.25, 0.3) is 0 Å². The van der Waals surface area contributed by atoms with Crippen LogP contribution in [0.1, 0.15) is 5.56 Å². The van der Waals surface area contributed by atoms with Crippen molar-refractivity contribution in [2.75, 3.05) is 55.9 Å². The van der Waals surface area contributed by atoms with Gasteiger partial charge >= 0.3 is 0 Å². The molecule has 2 aromatic heterocycles. The summed E-state index contributed by atoms with van der Waals surface area (Å²) in [5.41, 5.74) is 11.2. The highest BCUT2D eigenvalue weighted by Crippen LogP contribution is 2.33. The topological polar surface area (TPSA) is 103 Å². The number of benzene rings is 2. The molecule has 0 radical (unpaired) electrons. The first kappa shape index (κ1) is 21.7. The van der Waals surface area contributed by atoms with Crippen LogP contribution >= 0.6 is 0 Å². The van der Waals surface area contributed by atoms with E-state index in [1.807, 2.05) is 18.2 Å². The summed E-state index contributed by atoms with van der Waals surface area (Å²) in [6.45, 7) is 5.43. The highest BCUT2D eigenvalue weighted by molar-refractivity contribution is 5.86. The van der Waals surface area contributed by atoms with Crippen molar-refractivity contribution in [3.8, 4) is 22.8 Å². The monoisotopic (exact) mass is 457 g/mol. The van der Waals surface area contributed by atoms with Crippen LogP contribution in [0.5, 0.6) is 11.5 Å². The van der Waals surface area contributed by atoms with Gasteiger partial charge in [0.05, 0.1) is 26.1 Å². The number of aromatic nitrogens is 4. The molecule has 5 rings (SSSR count). The van der Waals surface area contributed by atoms with E-state index in [0.29, 0.717) is 34.2 Å². The highest BCUT2D eigenvalue weighted by Gasteiger charge is 2.22. The number of nitrogens with zero attached hydrogens (tertiary/aromatic N) is 6. The SMILES string of the molecule is COc1ccc(-c2cnc3nc(N)nc(N4CCN(c5ccc(C)cc5)CC4)c3n2)cc1OC. The summed E-state index contributed by atoms with van der Waals surface area (Å²) in [4.78, 5) is 22.9. The van der Waals surface area contributed by atoms with E-state index in [0.717, 1.165) is 31.7 Å². The highest BCUT2D eigenvalue weighted by atomic mass is 16.5. The van der Waals surface area contributed by atoms with Gasteiger partial charge in [0.15, 0.2) is 28.5 Å². The van der Waals surface area contributed by atoms with E-state index in [2.05, 4.69) is 55.9 Å². The first-order chi connectivity index (χ1) is 16.6. The molecule has 2 N–H and O–H groups in total. The number of methoxy groups -OCH3 is 2. The number of hydrogen-bond acceptors (Lipinski definition) is 9. The zero-order valence-corrected chi connectivity index (χ0v) is 19.5. The second kappa shape index (κ2) is 9.01. The van der Waals surface area contributed by atoms with Gasteiger partial charge in [-0.05, 0) is 37.3 Å². The van der Waals surface area contributed by atoms with Crippen LogP contribution in [0.15, 0.2) is 48.7 Å². The van der Waals surface area contributed by atoms with E-state index >= 15 is 0 Å². The second-order valence-corrected chi connectivity index (χ2v) is 8.21. The minimum absolute atomic E-state index is 0.191. The number of aryl methyl sites for hydroxylation is 1. The molecule has 0 aliphatic carbocycles. The third kappa shape index (κ3) is 4.12. The summed E-state index contributed by atoms with van der Waals surface area (Å²) in [6.07, 6.45) is 1.69. The lowest BCUT2D eigenvalue weighted by Crippen LogP contribution is -2.47. The molecule has 1 aliphatic heterocycles. The maximum Gasteiger partial charge on any atom is 0.224 e. The van der Waals surface area contributed by atoms with Gasteiger partial charge in [-0.15, -0.1) is 0 Å². The summed E-state index contributed by atoms with van der Waals surface area (Å²) < 4.78 is 10.8. The molecule has 9 nitrogen and oxygen atoms in total. The molecule has 3 heterocycles. The van der Waals surface area contributed by atoms with Crippen LogP contribution in [0.2, 0.25) is 0 Å². The molecule has 174 valence electrons. The quantitative estimate of drug-likeness (QED) is 0.483. The number of rotatable bonds is 5.